The van der Waals surface area contributed by atoms with E-state index in [1.807, 2.05) is 0 Å². The summed E-state index contributed by atoms with van der Waals surface area (Å²) in [4.78, 5) is 24.7. The molecule has 2 N–H and O–H groups in total. The molecule has 2 amide bonds. The van der Waals surface area contributed by atoms with Gasteiger partial charge in [-0.15, -0.1) is 0 Å². The number of hydrogen-bond acceptors (Lipinski definition) is 3. The van der Waals surface area contributed by atoms with Gasteiger partial charge in [0.05, 0.1) is 12.2 Å². The van der Waals surface area contributed by atoms with Crippen LogP contribution in [-0.4, -0.2) is 41.5 Å². The van der Waals surface area contributed by atoms with Crippen LogP contribution in [0.4, 0.5) is 18.9 Å². The molecule has 5 nitrogen and oxygen atoms in total. The molecule has 0 saturated carbocycles. The number of nitrogens with zero attached hydrogens (tertiary/aromatic N) is 1. The van der Waals surface area contributed by atoms with Crippen LogP contribution in [-0.2, 0) is 15.8 Å². The molecule has 0 aromatic heterocycles. The van der Waals surface area contributed by atoms with Gasteiger partial charge in [0.25, 0.3) is 0 Å². The second-order valence-corrected chi connectivity index (χ2v) is 4.59. The Balaban J connectivity index is 2.85. The number of halogens is 3. The predicted octanol–water partition coefficient (Wildman–Crippen LogP) is 1.79. The molecule has 0 aliphatic heterocycles. The number of carbonyl (C=O) groups excluding carboxylic acids is 2. The van der Waals surface area contributed by atoms with E-state index in [4.69, 9.17) is 5.11 Å². The van der Waals surface area contributed by atoms with Crippen LogP contribution in [0.5, 0.6) is 0 Å². The first-order valence-corrected chi connectivity index (χ1v) is 6.59. The Morgan fingerprint density at radius 3 is 2.41 bits per heavy atom. The number of anilines is 1. The van der Waals surface area contributed by atoms with E-state index in [1.54, 1.807) is 6.92 Å². The number of rotatable bonds is 4. The van der Waals surface area contributed by atoms with E-state index in [-0.39, 0.29) is 30.9 Å². The minimum atomic E-state index is -4.47. The van der Waals surface area contributed by atoms with E-state index in [0.717, 1.165) is 23.1 Å². The van der Waals surface area contributed by atoms with Crippen molar-refractivity contribution < 1.29 is 27.9 Å². The summed E-state index contributed by atoms with van der Waals surface area (Å²) in [6, 6.07) is 3.08. The summed E-state index contributed by atoms with van der Waals surface area (Å²) in [5.74, 6) is -1.82. The third-order valence-electron chi connectivity index (χ3n) is 3.02. The standard InChI is InChI=1S/C14H17F3N2O3/c1-3-19(6-7-20)13(22)12(21)18-10-4-5-11(9(2)8-10)14(15,16)17/h4-5,8,20H,3,6-7H2,1-2H3,(H,18,21). The van der Waals surface area contributed by atoms with Crippen LogP contribution in [0, 0.1) is 6.92 Å². The summed E-state index contributed by atoms with van der Waals surface area (Å²) >= 11 is 0. The van der Waals surface area contributed by atoms with Gasteiger partial charge in [-0.1, -0.05) is 0 Å². The highest BCUT2D eigenvalue weighted by Crippen LogP contribution is 2.32. The van der Waals surface area contributed by atoms with Crippen molar-refractivity contribution in [2.45, 2.75) is 20.0 Å². The van der Waals surface area contributed by atoms with Gasteiger partial charge in [0.1, 0.15) is 0 Å². The molecule has 0 radical (unpaired) electrons. The zero-order valence-electron chi connectivity index (χ0n) is 12.2. The number of hydrogen-bond donors (Lipinski definition) is 2. The number of likely N-dealkylation sites (N-methyl/N-ethyl adjacent to an activating group) is 1. The maximum Gasteiger partial charge on any atom is 0.416 e. The lowest BCUT2D eigenvalue weighted by Gasteiger charge is -2.19. The highest BCUT2D eigenvalue weighted by atomic mass is 19.4. The zero-order chi connectivity index (χ0) is 16.9. The SMILES string of the molecule is CCN(CCO)C(=O)C(=O)Nc1ccc(C(F)(F)F)c(C)c1. The highest BCUT2D eigenvalue weighted by molar-refractivity contribution is 6.39. The first kappa shape index (κ1) is 18.0. The van der Waals surface area contributed by atoms with Crippen LogP contribution in [0.15, 0.2) is 18.2 Å². The lowest BCUT2D eigenvalue weighted by atomic mass is 10.1. The summed E-state index contributed by atoms with van der Waals surface area (Å²) in [6.07, 6.45) is -4.47. The number of carbonyl (C=O) groups is 2. The maximum atomic E-state index is 12.6. The summed E-state index contributed by atoms with van der Waals surface area (Å²) in [5.41, 5.74) is -0.753. The van der Waals surface area contributed by atoms with Crippen LogP contribution >= 0.6 is 0 Å². The van der Waals surface area contributed by atoms with Crippen LogP contribution in [0.3, 0.4) is 0 Å². The Hall–Kier alpha value is -2.09. The van der Waals surface area contributed by atoms with Crippen LogP contribution in [0.25, 0.3) is 0 Å². The van der Waals surface area contributed by atoms with Crippen molar-refractivity contribution >= 4 is 17.5 Å². The number of alkyl halides is 3. The van der Waals surface area contributed by atoms with Gasteiger partial charge in [0, 0.05) is 18.8 Å². The van der Waals surface area contributed by atoms with Crippen molar-refractivity contribution in [3.05, 3.63) is 29.3 Å². The molecule has 8 heteroatoms. The van der Waals surface area contributed by atoms with Crippen molar-refractivity contribution in [2.24, 2.45) is 0 Å². The largest absolute Gasteiger partial charge is 0.416 e. The Kier molecular flexibility index (Phi) is 5.92. The molecule has 122 valence electrons. The van der Waals surface area contributed by atoms with Crippen LogP contribution in [0.1, 0.15) is 18.1 Å². The molecule has 0 saturated heterocycles. The fourth-order valence-electron chi connectivity index (χ4n) is 1.91. The molecule has 0 heterocycles. The minimum Gasteiger partial charge on any atom is -0.395 e. The van der Waals surface area contributed by atoms with Crippen LogP contribution in [0.2, 0.25) is 0 Å². The van der Waals surface area contributed by atoms with E-state index >= 15 is 0 Å². The first-order valence-electron chi connectivity index (χ1n) is 6.59. The first-order chi connectivity index (χ1) is 10.2. The highest BCUT2D eigenvalue weighted by Gasteiger charge is 2.32. The zero-order valence-corrected chi connectivity index (χ0v) is 12.2. The third kappa shape index (κ3) is 4.45. The van der Waals surface area contributed by atoms with Crippen molar-refractivity contribution in [2.75, 3.05) is 25.0 Å². The molecule has 0 bridgehead atoms. The number of aliphatic hydroxyl groups excluding tert-OH is 1. The predicted molar refractivity (Wildman–Crippen MR) is 74.2 cm³/mol. The van der Waals surface area contributed by atoms with Gasteiger partial charge in [-0.25, -0.2) is 0 Å². The molecule has 0 fully saturated rings. The normalized spacial score (nSPS) is 11.2. The Labute approximate surface area is 125 Å². The number of amides is 2. The molecule has 1 rings (SSSR count). The summed E-state index contributed by atoms with van der Waals surface area (Å²) < 4.78 is 37.9. The number of benzene rings is 1. The average molecular weight is 318 g/mol. The van der Waals surface area contributed by atoms with Gasteiger partial charge in [-0.2, -0.15) is 13.2 Å². The molecule has 1 aromatic carbocycles. The topological polar surface area (TPSA) is 69.6 Å². The fraction of sp³-hybridized carbons (Fsp3) is 0.429. The molecule has 0 unspecified atom stereocenters. The maximum absolute atomic E-state index is 12.6. The molecule has 0 atom stereocenters. The summed E-state index contributed by atoms with van der Waals surface area (Å²) in [7, 11) is 0. The Morgan fingerprint density at radius 1 is 1.32 bits per heavy atom. The number of nitrogens with one attached hydrogen (secondary N) is 1. The van der Waals surface area contributed by atoms with Gasteiger partial charge in [0.15, 0.2) is 0 Å². The average Bonchev–Trinajstić information content (AvgIpc) is 2.42. The quantitative estimate of drug-likeness (QED) is 0.832. The lowest BCUT2D eigenvalue weighted by Crippen LogP contribution is -2.41. The smallest absolute Gasteiger partial charge is 0.395 e. The van der Waals surface area contributed by atoms with E-state index < -0.39 is 23.6 Å². The van der Waals surface area contributed by atoms with Crippen LogP contribution < -0.4 is 5.32 Å². The molecule has 0 spiro atoms. The second-order valence-electron chi connectivity index (χ2n) is 4.59. The van der Waals surface area contributed by atoms with Crippen molar-refractivity contribution in [3.63, 3.8) is 0 Å². The van der Waals surface area contributed by atoms with E-state index in [9.17, 15) is 22.8 Å². The van der Waals surface area contributed by atoms with E-state index in [1.165, 1.54) is 6.92 Å². The van der Waals surface area contributed by atoms with E-state index in [0.29, 0.717) is 0 Å². The Morgan fingerprint density at radius 2 is 1.95 bits per heavy atom. The molecular weight excluding hydrogens is 301 g/mol. The van der Waals surface area contributed by atoms with Gasteiger partial charge < -0.3 is 15.3 Å². The van der Waals surface area contributed by atoms with Gasteiger partial charge in [0.2, 0.25) is 0 Å². The van der Waals surface area contributed by atoms with Gasteiger partial charge >= 0.3 is 18.0 Å². The third-order valence-corrected chi connectivity index (χ3v) is 3.02. The summed E-state index contributed by atoms with van der Waals surface area (Å²) in [5, 5.41) is 11.1. The van der Waals surface area contributed by atoms with Crippen molar-refractivity contribution in [3.8, 4) is 0 Å². The molecule has 22 heavy (non-hydrogen) atoms. The monoisotopic (exact) mass is 318 g/mol. The second kappa shape index (κ2) is 7.26. The molecule has 0 aliphatic rings. The molecule has 1 aromatic rings. The van der Waals surface area contributed by atoms with Crippen molar-refractivity contribution in [1.82, 2.24) is 4.90 Å². The number of aliphatic hydroxyl groups is 1. The minimum absolute atomic E-state index is 0.00872. The van der Waals surface area contributed by atoms with Crippen molar-refractivity contribution in [1.29, 1.82) is 0 Å². The molecular formula is C14H17F3N2O3. The van der Waals surface area contributed by atoms with Gasteiger partial charge in [-0.05, 0) is 37.6 Å². The fourth-order valence-corrected chi connectivity index (χ4v) is 1.91. The lowest BCUT2D eigenvalue weighted by molar-refractivity contribution is -0.143. The summed E-state index contributed by atoms with van der Waals surface area (Å²) in [6.45, 7) is 2.87. The molecule has 0 aliphatic carbocycles. The van der Waals surface area contributed by atoms with Gasteiger partial charge in [-0.3, -0.25) is 9.59 Å². The van der Waals surface area contributed by atoms with E-state index in [2.05, 4.69) is 5.32 Å². The Bertz CT molecular complexity index is 559. The number of aryl methyl sites for hydroxylation is 1.